The lowest BCUT2D eigenvalue weighted by Gasteiger charge is -2.25. The second-order valence-electron chi connectivity index (χ2n) is 11.5. The number of ether oxygens (including phenoxy) is 2. The number of nitrogens with one attached hydrogen (secondary N) is 1. The highest BCUT2D eigenvalue weighted by Crippen LogP contribution is 2.57. The Labute approximate surface area is 259 Å². The first-order chi connectivity index (χ1) is 22.1. The van der Waals surface area contributed by atoms with Crippen molar-refractivity contribution in [1.82, 2.24) is 9.88 Å². The minimum absolute atomic E-state index is 0.125. The van der Waals surface area contributed by atoms with Crippen molar-refractivity contribution < 1.29 is 48.8 Å². The fourth-order valence-electron chi connectivity index (χ4n) is 6.97. The largest absolute Gasteiger partial charge is 0.507 e. The minimum Gasteiger partial charge on any atom is -0.507 e. The first-order valence-corrected chi connectivity index (χ1v) is 14.5. The van der Waals surface area contributed by atoms with Crippen LogP contribution in [0, 0.1) is 0 Å². The molecule has 14 heteroatoms. The highest BCUT2D eigenvalue weighted by Gasteiger charge is 2.61. The highest BCUT2D eigenvalue weighted by molar-refractivity contribution is 6.38. The Bertz CT molecular complexity index is 2040. The molecule has 2 aromatic carbocycles. The number of hydrogen-bond acceptors (Lipinski definition) is 13. The predicted molar refractivity (Wildman–Crippen MR) is 159 cm³/mol. The smallest absolute Gasteiger partial charge is 0.260 e. The second kappa shape index (κ2) is 10.6. The standard InChI is InChI=1S/C32H27N3O11/c1-44-18-12-17(36)20-21(25(18)37)27(39)23-22(26(20)38)29(41)32(30(23)42)3-2-14-10-15-11-16(34-31(43)19(15)28(40)24(14)32)13-33-46-9-6-35-4-7-45-8-5-35/h10-13,38-40H,2-9H2,1H3,(H,34,43). The number of oxime groups is 1. The molecule has 4 N–H and O–H groups in total. The van der Waals surface area contributed by atoms with Crippen LogP contribution in [-0.4, -0.2) is 101 Å². The zero-order chi connectivity index (χ0) is 32.5. The van der Waals surface area contributed by atoms with Gasteiger partial charge in [0.2, 0.25) is 5.78 Å². The van der Waals surface area contributed by atoms with Crippen molar-refractivity contribution in [2.45, 2.75) is 18.3 Å². The number of rotatable bonds is 6. The summed E-state index contributed by atoms with van der Waals surface area (Å²) < 4.78 is 10.2. The van der Waals surface area contributed by atoms with E-state index in [1.165, 1.54) is 6.21 Å². The van der Waals surface area contributed by atoms with Crippen LogP contribution in [0.2, 0.25) is 0 Å². The van der Waals surface area contributed by atoms with Crippen LogP contribution in [0.15, 0.2) is 33.9 Å². The summed E-state index contributed by atoms with van der Waals surface area (Å²) in [7, 11) is 1.14. The Balaban J connectivity index is 1.26. The van der Waals surface area contributed by atoms with E-state index in [9.17, 15) is 39.3 Å². The number of H-pyrrole nitrogens is 1. The van der Waals surface area contributed by atoms with Crippen molar-refractivity contribution >= 4 is 40.1 Å². The average molecular weight is 630 g/mol. The number of nitrogens with zero attached hydrogens (tertiary/aromatic N) is 2. The molecule has 1 aliphatic heterocycles. The quantitative estimate of drug-likeness (QED) is 0.101. The molecule has 0 radical (unpaired) electrons. The number of pyridine rings is 1. The Hall–Kier alpha value is -5.34. The minimum atomic E-state index is -2.11. The third kappa shape index (κ3) is 4.03. The molecule has 0 amide bonds. The van der Waals surface area contributed by atoms with Gasteiger partial charge in [-0.2, -0.15) is 0 Å². The molecule has 0 saturated carbocycles. The van der Waals surface area contributed by atoms with Gasteiger partial charge in [-0.05, 0) is 29.9 Å². The van der Waals surface area contributed by atoms with Gasteiger partial charge in [0, 0.05) is 31.3 Å². The molecule has 14 nitrogen and oxygen atoms in total. The lowest BCUT2D eigenvalue weighted by atomic mass is 9.76. The normalized spacial score (nSPS) is 20.8. The third-order valence-corrected chi connectivity index (χ3v) is 9.13. The van der Waals surface area contributed by atoms with E-state index < -0.39 is 79.4 Å². The number of aromatic amines is 1. The number of hydrogen-bond donors (Lipinski definition) is 4. The van der Waals surface area contributed by atoms with Crippen molar-refractivity contribution in [3.8, 4) is 17.2 Å². The number of Topliss-reactive ketones (excluding diaryl/α,β-unsaturated/α-hetero) is 3. The molecule has 7 rings (SSSR count). The third-order valence-electron chi connectivity index (χ3n) is 9.13. The maximum Gasteiger partial charge on any atom is 0.260 e. The first kappa shape index (κ1) is 29.4. The van der Waals surface area contributed by atoms with Gasteiger partial charge in [-0.3, -0.25) is 28.9 Å². The number of methoxy groups -OCH3 is 1. The zero-order valence-corrected chi connectivity index (χ0v) is 24.5. The number of carbonyl (C=O) groups excluding carboxylic acids is 4. The van der Waals surface area contributed by atoms with E-state index >= 15 is 0 Å². The molecule has 1 spiro atoms. The van der Waals surface area contributed by atoms with Crippen LogP contribution < -0.4 is 5.56 Å². The van der Waals surface area contributed by atoms with Crippen LogP contribution in [0.5, 0.6) is 17.2 Å². The van der Waals surface area contributed by atoms with Crippen LogP contribution in [-0.2, 0) is 26.1 Å². The van der Waals surface area contributed by atoms with Crippen LogP contribution in [0.1, 0.15) is 64.7 Å². The van der Waals surface area contributed by atoms with E-state index in [0.29, 0.717) is 37.3 Å². The van der Waals surface area contributed by atoms with E-state index in [2.05, 4.69) is 15.0 Å². The maximum atomic E-state index is 14.1. The summed E-state index contributed by atoms with van der Waals surface area (Å²) >= 11 is 0. The number of ketones is 4. The summed E-state index contributed by atoms with van der Waals surface area (Å²) in [6.07, 6.45) is 2.11. The van der Waals surface area contributed by atoms with Gasteiger partial charge in [0.25, 0.3) is 5.56 Å². The average Bonchev–Trinajstić information content (AvgIpc) is 3.53. The number of fused-ring (bicyclic) bond motifs is 5. The number of aromatic hydroxyl groups is 3. The fourth-order valence-corrected chi connectivity index (χ4v) is 6.97. The Morgan fingerprint density at radius 2 is 1.67 bits per heavy atom. The van der Waals surface area contributed by atoms with Gasteiger partial charge in [0.1, 0.15) is 29.3 Å². The number of morpholine rings is 1. The van der Waals surface area contributed by atoms with Gasteiger partial charge in [-0.1, -0.05) is 11.2 Å². The molecule has 2 heterocycles. The molecule has 1 fully saturated rings. The van der Waals surface area contributed by atoms with E-state index in [1.54, 1.807) is 12.1 Å². The number of benzene rings is 2. The lowest BCUT2D eigenvalue weighted by Crippen LogP contribution is -2.38. The van der Waals surface area contributed by atoms with Gasteiger partial charge in [-0.25, -0.2) is 0 Å². The fraction of sp³-hybridized carbons (Fsp3) is 0.312. The summed E-state index contributed by atoms with van der Waals surface area (Å²) in [6, 6.07) is 3.15. The van der Waals surface area contributed by atoms with Crippen LogP contribution in [0.4, 0.5) is 0 Å². The Kier molecular flexibility index (Phi) is 6.79. The van der Waals surface area contributed by atoms with Crippen molar-refractivity contribution in [1.29, 1.82) is 0 Å². The highest BCUT2D eigenvalue weighted by atomic mass is 16.6. The zero-order valence-electron chi connectivity index (χ0n) is 24.5. The SMILES string of the molecule is COC1=CC(=O)c2c(O)c3c(c(O)c2C1=O)C(=O)C1(CCc2cc4cc(C=NOCCN5CCOCC5)[nH]c(=O)c4c(O)c21)C3=O. The van der Waals surface area contributed by atoms with Gasteiger partial charge in [-0.15, -0.1) is 0 Å². The molecule has 0 bridgehead atoms. The topological polar surface area (TPSA) is 205 Å². The van der Waals surface area contributed by atoms with Crippen molar-refractivity contribution in [2.75, 3.05) is 46.6 Å². The second-order valence-corrected chi connectivity index (χ2v) is 11.5. The summed E-state index contributed by atoms with van der Waals surface area (Å²) in [5, 5.41) is 37.8. The summed E-state index contributed by atoms with van der Waals surface area (Å²) in [5.74, 6) is -6.69. The van der Waals surface area contributed by atoms with Crippen molar-refractivity contribution in [3.63, 3.8) is 0 Å². The molecule has 1 aromatic heterocycles. The van der Waals surface area contributed by atoms with Gasteiger partial charge in [0.15, 0.2) is 23.1 Å². The van der Waals surface area contributed by atoms with E-state index in [-0.39, 0.29) is 29.5 Å². The number of aryl methyl sites for hydroxylation is 1. The van der Waals surface area contributed by atoms with Crippen LogP contribution in [0.3, 0.4) is 0 Å². The van der Waals surface area contributed by atoms with Gasteiger partial charge >= 0.3 is 0 Å². The van der Waals surface area contributed by atoms with E-state index in [0.717, 1.165) is 26.3 Å². The maximum absolute atomic E-state index is 14.1. The number of carbonyl (C=O) groups is 4. The van der Waals surface area contributed by atoms with Crippen LogP contribution >= 0.6 is 0 Å². The first-order valence-electron chi connectivity index (χ1n) is 14.5. The lowest BCUT2D eigenvalue weighted by molar-refractivity contribution is 0.0214. The van der Waals surface area contributed by atoms with Crippen molar-refractivity contribution in [2.24, 2.45) is 5.16 Å². The van der Waals surface area contributed by atoms with Gasteiger partial charge < -0.3 is 34.6 Å². The molecule has 46 heavy (non-hydrogen) atoms. The van der Waals surface area contributed by atoms with Gasteiger partial charge in [0.05, 0.1) is 59.9 Å². The molecule has 236 valence electrons. The van der Waals surface area contributed by atoms with Crippen LogP contribution in [0.25, 0.3) is 10.8 Å². The number of allylic oxidation sites excluding steroid dienone is 2. The molecule has 1 saturated heterocycles. The molecule has 1 atom stereocenters. The van der Waals surface area contributed by atoms with Crippen molar-refractivity contribution in [3.05, 3.63) is 73.4 Å². The Morgan fingerprint density at radius 3 is 2.37 bits per heavy atom. The summed E-state index contributed by atoms with van der Waals surface area (Å²) in [4.78, 5) is 77.4. The molecular weight excluding hydrogens is 602 g/mol. The molecule has 3 aromatic rings. The molecule has 1 unspecified atom stereocenters. The molecule has 4 aliphatic rings. The number of aromatic nitrogens is 1. The Morgan fingerprint density at radius 1 is 0.978 bits per heavy atom. The monoisotopic (exact) mass is 629 g/mol. The molecule has 3 aliphatic carbocycles. The number of phenolic OH excluding ortho intramolecular Hbond substituents is 3. The summed E-state index contributed by atoms with van der Waals surface area (Å²) in [6.45, 7) is 3.93. The summed E-state index contributed by atoms with van der Waals surface area (Å²) in [5.41, 5.74) is -4.83. The van der Waals surface area contributed by atoms with E-state index in [4.69, 9.17) is 14.3 Å². The predicted octanol–water partition coefficient (Wildman–Crippen LogP) is 1.50. The number of phenols is 3. The molecular formula is C32H27N3O11. The van der Waals surface area contributed by atoms with E-state index in [1.807, 2.05) is 0 Å².